The summed E-state index contributed by atoms with van der Waals surface area (Å²) in [4.78, 5) is 32.6. The van der Waals surface area contributed by atoms with Crippen LogP contribution in [0.1, 0.15) is 31.8 Å². The number of methoxy groups -OCH3 is 1. The van der Waals surface area contributed by atoms with Crippen LogP contribution in [0.2, 0.25) is 0 Å². The molecule has 184 valence electrons. The first-order valence-electron chi connectivity index (χ1n) is 12.1. The number of hydrogen-bond donors (Lipinski definition) is 0. The molecule has 8 nitrogen and oxygen atoms in total. The molecule has 0 spiro atoms. The van der Waals surface area contributed by atoms with Gasteiger partial charge in [0.2, 0.25) is 6.79 Å². The van der Waals surface area contributed by atoms with E-state index in [0.29, 0.717) is 22.6 Å². The van der Waals surface area contributed by atoms with Crippen LogP contribution in [-0.4, -0.2) is 61.7 Å². The second-order valence-corrected chi connectivity index (χ2v) is 9.16. The van der Waals surface area contributed by atoms with E-state index >= 15 is 0 Å². The molecule has 1 fully saturated rings. The van der Waals surface area contributed by atoms with Crippen LogP contribution in [0.4, 0.5) is 5.69 Å². The van der Waals surface area contributed by atoms with Crippen LogP contribution in [0.15, 0.2) is 60.7 Å². The minimum Gasteiger partial charge on any atom is -0.496 e. The Morgan fingerprint density at radius 2 is 1.64 bits per heavy atom. The first-order valence-corrected chi connectivity index (χ1v) is 12.1. The number of benzene rings is 3. The highest BCUT2D eigenvalue weighted by atomic mass is 16.7. The van der Waals surface area contributed by atoms with Gasteiger partial charge in [0.1, 0.15) is 5.75 Å². The van der Waals surface area contributed by atoms with Crippen molar-refractivity contribution < 1.29 is 23.8 Å². The molecule has 0 bridgehead atoms. The zero-order valence-electron chi connectivity index (χ0n) is 20.1. The van der Waals surface area contributed by atoms with Gasteiger partial charge < -0.3 is 19.1 Å². The lowest BCUT2D eigenvalue weighted by atomic mass is 10.1. The summed E-state index contributed by atoms with van der Waals surface area (Å²) in [5, 5.41) is 0. The fourth-order valence-corrected chi connectivity index (χ4v) is 5.17. The normalized spacial score (nSPS) is 17.0. The Balaban J connectivity index is 1.17. The van der Waals surface area contributed by atoms with Gasteiger partial charge in [-0.2, -0.15) is 0 Å². The summed E-state index contributed by atoms with van der Waals surface area (Å²) in [5.41, 5.74) is 3.78. The standard InChI is InChI=1S/C28H27N3O5/c1-34-23-8-3-2-5-20(23)17-29-11-13-30(14-12-29)22-7-4-6-21-26(22)28(33)31(27(21)32)16-19-9-10-24-25(15-19)36-18-35-24/h2-10,15H,11-14,16-18H2,1H3. The van der Waals surface area contributed by atoms with Gasteiger partial charge >= 0.3 is 0 Å². The summed E-state index contributed by atoms with van der Waals surface area (Å²) >= 11 is 0. The van der Waals surface area contributed by atoms with Gasteiger partial charge in [0, 0.05) is 38.3 Å². The number of hydrogen-bond acceptors (Lipinski definition) is 7. The van der Waals surface area contributed by atoms with Gasteiger partial charge in [-0.3, -0.25) is 19.4 Å². The summed E-state index contributed by atoms with van der Waals surface area (Å²) in [5.74, 6) is 1.69. The number of carbonyl (C=O) groups is 2. The van der Waals surface area contributed by atoms with E-state index < -0.39 is 0 Å². The maximum atomic E-state index is 13.5. The molecule has 0 unspecified atom stereocenters. The quantitative estimate of drug-likeness (QED) is 0.495. The number of piperazine rings is 1. The molecule has 6 rings (SSSR count). The molecule has 2 amide bonds. The van der Waals surface area contributed by atoms with Crippen molar-refractivity contribution in [2.75, 3.05) is 45.0 Å². The molecule has 0 radical (unpaired) electrons. The van der Waals surface area contributed by atoms with Crippen LogP contribution >= 0.6 is 0 Å². The Bertz CT molecular complexity index is 1330. The molecular formula is C28H27N3O5. The lowest BCUT2D eigenvalue weighted by Crippen LogP contribution is -2.46. The molecule has 0 N–H and O–H groups in total. The van der Waals surface area contributed by atoms with Crippen molar-refractivity contribution in [1.29, 1.82) is 0 Å². The molecule has 3 aliphatic rings. The number of imide groups is 1. The minimum atomic E-state index is -0.260. The first-order chi connectivity index (χ1) is 17.6. The smallest absolute Gasteiger partial charge is 0.263 e. The van der Waals surface area contributed by atoms with E-state index in [1.54, 1.807) is 13.2 Å². The fourth-order valence-electron chi connectivity index (χ4n) is 5.17. The van der Waals surface area contributed by atoms with Crippen molar-refractivity contribution in [3.8, 4) is 17.2 Å². The van der Waals surface area contributed by atoms with Crippen LogP contribution in [-0.2, 0) is 13.1 Å². The monoisotopic (exact) mass is 485 g/mol. The molecule has 0 aliphatic carbocycles. The van der Waals surface area contributed by atoms with Crippen molar-refractivity contribution in [3.63, 3.8) is 0 Å². The van der Waals surface area contributed by atoms with Crippen molar-refractivity contribution >= 4 is 17.5 Å². The Kier molecular flexibility index (Phi) is 5.73. The third kappa shape index (κ3) is 3.93. The number of fused-ring (bicyclic) bond motifs is 2. The average Bonchev–Trinajstić information content (AvgIpc) is 3.48. The Morgan fingerprint density at radius 1 is 0.833 bits per heavy atom. The van der Waals surface area contributed by atoms with E-state index in [0.717, 1.165) is 55.3 Å². The fraction of sp³-hybridized carbons (Fsp3) is 0.286. The molecule has 1 saturated heterocycles. The maximum absolute atomic E-state index is 13.5. The summed E-state index contributed by atoms with van der Waals surface area (Å²) in [6.07, 6.45) is 0. The Morgan fingerprint density at radius 3 is 2.47 bits per heavy atom. The zero-order chi connectivity index (χ0) is 24.6. The van der Waals surface area contributed by atoms with Crippen molar-refractivity contribution in [2.24, 2.45) is 0 Å². The van der Waals surface area contributed by atoms with Gasteiger partial charge in [-0.1, -0.05) is 30.3 Å². The number of rotatable bonds is 6. The summed E-state index contributed by atoms with van der Waals surface area (Å²) < 4.78 is 16.3. The van der Waals surface area contributed by atoms with Gasteiger partial charge in [0.05, 0.1) is 30.5 Å². The number of anilines is 1. The highest BCUT2D eigenvalue weighted by Crippen LogP contribution is 2.36. The lowest BCUT2D eigenvalue weighted by molar-refractivity contribution is 0.0642. The van der Waals surface area contributed by atoms with Crippen LogP contribution in [0, 0.1) is 0 Å². The molecule has 3 heterocycles. The van der Waals surface area contributed by atoms with Crippen LogP contribution < -0.4 is 19.1 Å². The molecule has 0 atom stereocenters. The van der Waals surface area contributed by atoms with Crippen molar-refractivity contribution in [2.45, 2.75) is 13.1 Å². The summed E-state index contributed by atoms with van der Waals surface area (Å²) in [6, 6.07) is 19.1. The molecule has 8 heteroatoms. The molecule has 36 heavy (non-hydrogen) atoms. The van der Waals surface area contributed by atoms with Crippen molar-refractivity contribution in [1.82, 2.24) is 9.80 Å². The Labute approximate surface area is 209 Å². The van der Waals surface area contributed by atoms with Gasteiger partial charge in [0.15, 0.2) is 11.5 Å². The highest BCUT2D eigenvalue weighted by molar-refractivity contribution is 6.23. The summed E-state index contributed by atoms with van der Waals surface area (Å²) in [7, 11) is 1.70. The van der Waals surface area contributed by atoms with E-state index in [1.807, 2.05) is 48.5 Å². The van der Waals surface area contributed by atoms with Crippen LogP contribution in [0.3, 0.4) is 0 Å². The minimum absolute atomic E-state index is 0.182. The van der Waals surface area contributed by atoms with E-state index in [2.05, 4.69) is 15.9 Å². The van der Waals surface area contributed by atoms with E-state index in [4.69, 9.17) is 14.2 Å². The highest BCUT2D eigenvalue weighted by Gasteiger charge is 2.39. The number of para-hydroxylation sites is 1. The largest absolute Gasteiger partial charge is 0.496 e. The average molecular weight is 486 g/mol. The summed E-state index contributed by atoms with van der Waals surface area (Å²) in [6.45, 7) is 4.43. The van der Waals surface area contributed by atoms with Gasteiger partial charge in [-0.05, 0) is 35.9 Å². The molecule has 3 aromatic carbocycles. The number of ether oxygens (including phenoxy) is 3. The predicted octanol–water partition coefficient (Wildman–Crippen LogP) is 3.54. The molecular weight excluding hydrogens is 458 g/mol. The molecule has 3 aromatic rings. The number of carbonyl (C=O) groups excluding carboxylic acids is 2. The SMILES string of the molecule is COc1ccccc1CN1CCN(c2cccc3c2C(=O)N(Cc2ccc4c(c2)OCO4)C3=O)CC1. The van der Waals surface area contributed by atoms with E-state index in [9.17, 15) is 9.59 Å². The molecule has 0 aromatic heterocycles. The second kappa shape index (κ2) is 9.20. The van der Waals surface area contributed by atoms with Gasteiger partial charge in [-0.25, -0.2) is 0 Å². The maximum Gasteiger partial charge on any atom is 0.263 e. The van der Waals surface area contributed by atoms with E-state index in [1.165, 1.54) is 4.90 Å². The molecule has 3 aliphatic heterocycles. The predicted molar refractivity (Wildman–Crippen MR) is 134 cm³/mol. The first kappa shape index (κ1) is 22.4. The van der Waals surface area contributed by atoms with E-state index in [-0.39, 0.29) is 25.2 Å². The second-order valence-electron chi connectivity index (χ2n) is 9.16. The topological polar surface area (TPSA) is 71.6 Å². The van der Waals surface area contributed by atoms with Gasteiger partial charge in [0.25, 0.3) is 11.8 Å². The Hall–Kier alpha value is -4.04. The van der Waals surface area contributed by atoms with Gasteiger partial charge in [-0.15, -0.1) is 0 Å². The third-order valence-electron chi connectivity index (χ3n) is 7.05. The third-order valence-corrected chi connectivity index (χ3v) is 7.05. The number of amides is 2. The van der Waals surface area contributed by atoms with Crippen molar-refractivity contribution in [3.05, 3.63) is 82.9 Å². The number of nitrogens with zero attached hydrogens (tertiary/aromatic N) is 3. The van der Waals surface area contributed by atoms with Crippen LogP contribution in [0.25, 0.3) is 0 Å². The molecule has 0 saturated carbocycles. The zero-order valence-corrected chi connectivity index (χ0v) is 20.1. The van der Waals surface area contributed by atoms with Crippen LogP contribution in [0.5, 0.6) is 17.2 Å². The lowest BCUT2D eigenvalue weighted by Gasteiger charge is -2.36.